The minimum Gasteiger partial charge on any atom is -0.475 e. The largest absolute Gasteiger partial charge is 0.475 e. The summed E-state index contributed by atoms with van der Waals surface area (Å²) in [7, 11) is 1.67. The number of rotatable bonds is 8. The van der Waals surface area contributed by atoms with Crippen LogP contribution in [0.4, 0.5) is 11.5 Å². The van der Waals surface area contributed by atoms with E-state index in [0.29, 0.717) is 38.0 Å². The average molecular weight is 241 g/mol. The third-order valence-corrected chi connectivity index (χ3v) is 2.05. The molecular weight excluding hydrogens is 222 g/mol. The first-order valence-electron chi connectivity index (χ1n) is 5.45. The molecule has 0 aliphatic heterocycles. The fraction of sp³-hybridized carbons (Fsp3) is 0.545. The van der Waals surface area contributed by atoms with Gasteiger partial charge in [0.2, 0.25) is 5.88 Å². The zero-order chi connectivity index (χ0) is 12.5. The van der Waals surface area contributed by atoms with E-state index >= 15 is 0 Å². The molecule has 0 radical (unpaired) electrons. The van der Waals surface area contributed by atoms with Crippen LogP contribution in [0.5, 0.6) is 5.88 Å². The van der Waals surface area contributed by atoms with Crippen LogP contribution in [0.2, 0.25) is 0 Å². The second-order valence-corrected chi connectivity index (χ2v) is 3.43. The summed E-state index contributed by atoms with van der Waals surface area (Å²) in [5, 5.41) is 0. The normalized spacial score (nSPS) is 10.4. The Morgan fingerprint density at radius 2 is 1.94 bits per heavy atom. The Morgan fingerprint density at radius 3 is 2.65 bits per heavy atom. The van der Waals surface area contributed by atoms with E-state index in [1.807, 2.05) is 0 Å². The van der Waals surface area contributed by atoms with Gasteiger partial charge in [0.25, 0.3) is 0 Å². The maximum atomic E-state index is 5.54. The lowest BCUT2D eigenvalue weighted by atomic mass is 10.4. The first kappa shape index (κ1) is 13.5. The molecular formula is C11H19N3O3. The lowest BCUT2D eigenvalue weighted by molar-refractivity contribution is 0.0796. The van der Waals surface area contributed by atoms with E-state index in [2.05, 4.69) is 4.98 Å². The summed E-state index contributed by atoms with van der Waals surface area (Å²) in [6.07, 6.45) is 0.879. The number of pyridine rings is 1. The predicted molar refractivity (Wildman–Crippen MR) is 65.9 cm³/mol. The summed E-state index contributed by atoms with van der Waals surface area (Å²) in [4.78, 5) is 3.97. The third kappa shape index (κ3) is 5.37. The van der Waals surface area contributed by atoms with Gasteiger partial charge in [-0.3, -0.25) is 0 Å². The molecule has 6 nitrogen and oxygen atoms in total. The van der Waals surface area contributed by atoms with Gasteiger partial charge < -0.3 is 25.7 Å². The lowest BCUT2D eigenvalue weighted by Gasteiger charge is -2.07. The van der Waals surface area contributed by atoms with Crippen LogP contribution in [0.1, 0.15) is 6.42 Å². The summed E-state index contributed by atoms with van der Waals surface area (Å²) in [5.41, 5.74) is 11.5. The molecule has 4 N–H and O–H groups in total. The smallest absolute Gasteiger partial charge is 0.215 e. The van der Waals surface area contributed by atoms with Crippen molar-refractivity contribution in [3.63, 3.8) is 0 Å². The molecule has 0 atom stereocenters. The number of hydrogen-bond donors (Lipinski definition) is 2. The van der Waals surface area contributed by atoms with E-state index in [0.717, 1.165) is 6.42 Å². The fourth-order valence-electron chi connectivity index (χ4n) is 1.16. The summed E-state index contributed by atoms with van der Waals surface area (Å²) < 4.78 is 15.6. The van der Waals surface area contributed by atoms with E-state index in [1.54, 1.807) is 19.2 Å². The first-order valence-corrected chi connectivity index (χ1v) is 5.45. The molecule has 0 amide bonds. The van der Waals surface area contributed by atoms with E-state index < -0.39 is 0 Å². The lowest BCUT2D eigenvalue weighted by Crippen LogP contribution is -2.10. The van der Waals surface area contributed by atoms with Crippen molar-refractivity contribution in [3.8, 4) is 5.88 Å². The van der Waals surface area contributed by atoms with Crippen LogP contribution in [0.15, 0.2) is 12.1 Å². The Labute approximate surface area is 101 Å². The number of nitrogens with zero attached hydrogens (tertiary/aromatic N) is 1. The Bertz CT molecular complexity index is 334. The van der Waals surface area contributed by atoms with Gasteiger partial charge in [-0.2, -0.15) is 4.98 Å². The molecule has 0 bridgehead atoms. The number of nitrogen functional groups attached to an aromatic ring is 2. The maximum Gasteiger partial charge on any atom is 0.215 e. The van der Waals surface area contributed by atoms with Crippen LogP contribution < -0.4 is 16.2 Å². The van der Waals surface area contributed by atoms with Crippen molar-refractivity contribution in [2.75, 3.05) is 45.0 Å². The van der Waals surface area contributed by atoms with Crippen LogP contribution in [-0.2, 0) is 9.47 Å². The molecule has 1 heterocycles. The zero-order valence-electron chi connectivity index (χ0n) is 10.0. The molecule has 17 heavy (non-hydrogen) atoms. The number of methoxy groups -OCH3 is 1. The van der Waals surface area contributed by atoms with Gasteiger partial charge in [-0.05, 0) is 12.5 Å². The number of aromatic nitrogens is 1. The summed E-state index contributed by atoms with van der Waals surface area (Å²) >= 11 is 0. The van der Waals surface area contributed by atoms with E-state index in [-0.39, 0.29) is 5.82 Å². The molecule has 0 saturated heterocycles. The highest BCUT2D eigenvalue weighted by Crippen LogP contribution is 2.15. The Hall–Kier alpha value is -1.53. The van der Waals surface area contributed by atoms with Crippen molar-refractivity contribution in [1.29, 1.82) is 0 Å². The van der Waals surface area contributed by atoms with Crippen LogP contribution in [0.25, 0.3) is 0 Å². The standard InChI is InChI=1S/C11H19N3O3/c1-15-5-2-6-16-7-8-17-10-4-3-9(12)11(13)14-10/h3-4H,2,5-8,12H2,1H3,(H2,13,14). The number of nitrogens with two attached hydrogens (primary N) is 2. The minimum absolute atomic E-state index is 0.281. The van der Waals surface area contributed by atoms with Crippen molar-refractivity contribution < 1.29 is 14.2 Å². The van der Waals surface area contributed by atoms with Gasteiger partial charge in [0.15, 0.2) is 5.82 Å². The molecule has 0 fully saturated rings. The Kier molecular flexibility index (Phi) is 6.13. The SMILES string of the molecule is COCCCOCCOc1ccc(N)c(N)n1. The van der Waals surface area contributed by atoms with Crippen molar-refractivity contribution >= 4 is 11.5 Å². The highest BCUT2D eigenvalue weighted by atomic mass is 16.5. The average Bonchev–Trinajstić information content (AvgIpc) is 2.32. The second-order valence-electron chi connectivity index (χ2n) is 3.43. The van der Waals surface area contributed by atoms with Gasteiger partial charge >= 0.3 is 0 Å². The Morgan fingerprint density at radius 1 is 1.12 bits per heavy atom. The monoisotopic (exact) mass is 241 g/mol. The molecule has 1 rings (SSSR count). The van der Waals surface area contributed by atoms with Crippen molar-refractivity contribution in [2.24, 2.45) is 0 Å². The Balaban J connectivity index is 2.11. The van der Waals surface area contributed by atoms with E-state index in [1.165, 1.54) is 0 Å². The van der Waals surface area contributed by atoms with Crippen LogP contribution in [0, 0.1) is 0 Å². The van der Waals surface area contributed by atoms with Crippen LogP contribution >= 0.6 is 0 Å². The van der Waals surface area contributed by atoms with Gasteiger partial charge in [0.1, 0.15) is 6.61 Å². The zero-order valence-corrected chi connectivity index (χ0v) is 10.0. The van der Waals surface area contributed by atoms with Crippen LogP contribution in [-0.4, -0.2) is 38.5 Å². The van der Waals surface area contributed by atoms with Crippen LogP contribution in [0.3, 0.4) is 0 Å². The third-order valence-electron chi connectivity index (χ3n) is 2.05. The van der Waals surface area contributed by atoms with Crippen molar-refractivity contribution in [3.05, 3.63) is 12.1 Å². The van der Waals surface area contributed by atoms with E-state index in [9.17, 15) is 0 Å². The molecule has 1 aromatic heterocycles. The molecule has 0 unspecified atom stereocenters. The molecule has 1 aromatic rings. The summed E-state index contributed by atoms with van der Waals surface area (Å²) in [6, 6.07) is 3.34. The van der Waals surface area contributed by atoms with Gasteiger partial charge in [-0.25, -0.2) is 0 Å². The molecule has 0 saturated carbocycles. The molecule has 0 aliphatic carbocycles. The second kappa shape index (κ2) is 7.70. The van der Waals surface area contributed by atoms with Gasteiger partial charge in [-0.1, -0.05) is 0 Å². The summed E-state index contributed by atoms with van der Waals surface area (Å²) in [5.74, 6) is 0.737. The fourth-order valence-corrected chi connectivity index (χ4v) is 1.16. The van der Waals surface area contributed by atoms with Gasteiger partial charge in [-0.15, -0.1) is 0 Å². The number of hydrogen-bond acceptors (Lipinski definition) is 6. The quantitative estimate of drug-likeness (QED) is 0.650. The van der Waals surface area contributed by atoms with Gasteiger partial charge in [0, 0.05) is 26.4 Å². The molecule has 96 valence electrons. The topological polar surface area (TPSA) is 92.6 Å². The molecule has 0 aromatic carbocycles. The maximum absolute atomic E-state index is 5.54. The molecule has 0 aliphatic rings. The number of ether oxygens (including phenoxy) is 3. The minimum atomic E-state index is 0.281. The van der Waals surface area contributed by atoms with Crippen molar-refractivity contribution in [1.82, 2.24) is 4.98 Å². The predicted octanol–water partition coefficient (Wildman–Crippen LogP) is 0.678. The van der Waals surface area contributed by atoms with Gasteiger partial charge in [0.05, 0.1) is 12.3 Å². The first-order chi connectivity index (χ1) is 8.24. The molecule has 0 spiro atoms. The van der Waals surface area contributed by atoms with E-state index in [4.69, 9.17) is 25.7 Å². The summed E-state index contributed by atoms with van der Waals surface area (Å²) in [6.45, 7) is 2.31. The highest BCUT2D eigenvalue weighted by Gasteiger charge is 1.99. The number of anilines is 2. The highest BCUT2D eigenvalue weighted by molar-refractivity contribution is 5.58. The van der Waals surface area contributed by atoms with Crippen molar-refractivity contribution in [2.45, 2.75) is 6.42 Å². The molecule has 6 heteroatoms.